The molecular formula is C18H19N5. The van der Waals surface area contributed by atoms with E-state index in [9.17, 15) is 0 Å². The third-order valence-corrected chi connectivity index (χ3v) is 4.30. The lowest BCUT2D eigenvalue weighted by Gasteiger charge is -2.32. The number of benzene rings is 2. The molecule has 0 amide bonds. The first-order chi connectivity index (χ1) is 11.4. The summed E-state index contributed by atoms with van der Waals surface area (Å²) in [4.78, 5) is 2.43. The zero-order valence-corrected chi connectivity index (χ0v) is 12.9. The van der Waals surface area contributed by atoms with E-state index in [0.29, 0.717) is 0 Å². The number of hydrogen-bond donors (Lipinski definition) is 0. The van der Waals surface area contributed by atoms with Crippen LogP contribution in [0.5, 0.6) is 0 Å². The summed E-state index contributed by atoms with van der Waals surface area (Å²) in [5.41, 5.74) is 2.65. The molecule has 5 nitrogen and oxygen atoms in total. The Morgan fingerprint density at radius 3 is 2.35 bits per heavy atom. The Bertz CT molecular complexity index is 753. The van der Waals surface area contributed by atoms with Gasteiger partial charge in [0.05, 0.1) is 12.6 Å². The predicted octanol–water partition coefficient (Wildman–Crippen LogP) is 2.47. The van der Waals surface area contributed by atoms with Crippen molar-refractivity contribution in [2.24, 2.45) is 0 Å². The van der Waals surface area contributed by atoms with Crippen LogP contribution >= 0.6 is 0 Å². The van der Waals surface area contributed by atoms with Crippen LogP contribution in [-0.4, -0.2) is 31.7 Å². The summed E-state index contributed by atoms with van der Waals surface area (Å²) in [6.07, 6.45) is 0.949. The van der Waals surface area contributed by atoms with E-state index in [-0.39, 0.29) is 6.04 Å². The largest absolute Gasteiger partial charge is 0.289 e. The van der Waals surface area contributed by atoms with Crippen molar-refractivity contribution in [2.45, 2.75) is 25.6 Å². The summed E-state index contributed by atoms with van der Waals surface area (Å²) in [6.45, 7) is 2.69. The van der Waals surface area contributed by atoms with E-state index in [1.807, 2.05) is 4.68 Å². The number of nitrogens with zero attached hydrogens (tertiary/aromatic N) is 5. The first kappa shape index (κ1) is 14.1. The molecule has 0 fully saturated rings. The smallest absolute Gasteiger partial charge is 0.165 e. The fourth-order valence-electron chi connectivity index (χ4n) is 3.24. The average molecular weight is 305 g/mol. The van der Waals surface area contributed by atoms with Crippen molar-refractivity contribution >= 4 is 0 Å². The Hall–Kier alpha value is -2.53. The second kappa shape index (κ2) is 6.30. The van der Waals surface area contributed by atoms with Crippen molar-refractivity contribution in [3.63, 3.8) is 0 Å². The van der Waals surface area contributed by atoms with Gasteiger partial charge in [0.1, 0.15) is 0 Å². The Morgan fingerprint density at radius 1 is 0.913 bits per heavy atom. The molecule has 1 aliphatic heterocycles. The van der Waals surface area contributed by atoms with Crippen LogP contribution in [0.15, 0.2) is 60.7 Å². The third-order valence-electron chi connectivity index (χ3n) is 4.30. The first-order valence-corrected chi connectivity index (χ1v) is 7.95. The zero-order chi connectivity index (χ0) is 15.5. The van der Waals surface area contributed by atoms with Gasteiger partial charge in [-0.25, -0.2) is 4.68 Å². The average Bonchev–Trinajstić information content (AvgIpc) is 3.05. The minimum atomic E-state index is 0.278. The molecule has 23 heavy (non-hydrogen) atoms. The van der Waals surface area contributed by atoms with Crippen LogP contribution in [0, 0.1) is 0 Å². The van der Waals surface area contributed by atoms with Gasteiger partial charge in [0.15, 0.2) is 5.82 Å². The molecule has 0 saturated heterocycles. The maximum atomic E-state index is 4.20. The molecule has 4 rings (SSSR count). The second-order valence-corrected chi connectivity index (χ2v) is 6.04. The summed E-state index contributed by atoms with van der Waals surface area (Å²) in [5.74, 6) is 0.952. The van der Waals surface area contributed by atoms with Crippen LogP contribution < -0.4 is 0 Å². The molecule has 2 heterocycles. The summed E-state index contributed by atoms with van der Waals surface area (Å²) in [5, 5.41) is 12.3. The molecule has 5 heteroatoms. The van der Waals surface area contributed by atoms with Gasteiger partial charge >= 0.3 is 0 Å². The fourth-order valence-corrected chi connectivity index (χ4v) is 3.24. The summed E-state index contributed by atoms with van der Waals surface area (Å²) >= 11 is 0. The lowest BCUT2D eigenvalue weighted by Crippen LogP contribution is -2.38. The Balaban J connectivity index is 1.54. The minimum absolute atomic E-state index is 0.278. The maximum Gasteiger partial charge on any atom is 0.165 e. The molecule has 3 aromatic rings. The van der Waals surface area contributed by atoms with Crippen LogP contribution in [0.1, 0.15) is 23.0 Å². The molecule has 0 radical (unpaired) electrons. The van der Waals surface area contributed by atoms with Crippen molar-refractivity contribution in [2.75, 3.05) is 6.54 Å². The first-order valence-electron chi connectivity index (χ1n) is 7.95. The molecular weight excluding hydrogens is 286 g/mol. The van der Waals surface area contributed by atoms with Gasteiger partial charge in [-0.05, 0) is 28.0 Å². The second-order valence-electron chi connectivity index (χ2n) is 6.04. The van der Waals surface area contributed by atoms with Gasteiger partial charge in [0.2, 0.25) is 0 Å². The predicted molar refractivity (Wildman–Crippen MR) is 87.6 cm³/mol. The lowest BCUT2D eigenvalue weighted by molar-refractivity contribution is 0.162. The summed E-state index contributed by atoms with van der Waals surface area (Å²) in [7, 11) is 0. The van der Waals surface area contributed by atoms with E-state index in [2.05, 4.69) is 81.1 Å². The molecule has 0 bridgehead atoms. The van der Waals surface area contributed by atoms with Gasteiger partial charge in [0.25, 0.3) is 0 Å². The van der Waals surface area contributed by atoms with Crippen molar-refractivity contribution in [3.8, 4) is 0 Å². The fraction of sp³-hybridized carbons (Fsp3) is 0.278. The Labute approximate surface area is 135 Å². The Kier molecular flexibility index (Phi) is 3.86. The molecule has 116 valence electrons. The van der Waals surface area contributed by atoms with Gasteiger partial charge in [-0.1, -0.05) is 60.7 Å². The van der Waals surface area contributed by atoms with Crippen molar-refractivity contribution in [1.29, 1.82) is 0 Å². The topological polar surface area (TPSA) is 46.8 Å². The van der Waals surface area contributed by atoms with Crippen LogP contribution in [0.4, 0.5) is 0 Å². The van der Waals surface area contributed by atoms with Crippen LogP contribution in [0.2, 0.25) is 0 Å². The number of fused-ring (bicyclic) bond motifs is 1. The van der Waals surface area contributed by atoms with Gasteiger partial charge < -0.3 is 0 Å². The van der Waals surface area contributed by atoms with Crippen molar-refractivity contribution < 1.29 is 0 Å². The van der Waals surface area contributed by atoms with E-state index in [4.69, 9.17) is 0 Å². The highest BCUT2D eigenvalue weighted by Gasteiger charge is 2.27. The van der Waals surface area contributed by atoms with Gasteiger partial charge in [-0.2, -0.15) is 0 Å². The molecule has 0 spiro atoms. The lowest BCUT2D eigenvalue weighted by atomic mass is 10.0. The van der Waals surface area contributed by atoms with Crippen LogP contribution in [-0.2, 0) is 19.5 Å². The SMILES string of the molecule is c1ccc(C[C@@H]2CN(Cc3ccccc3)Cc3nnnn32)cc1. The number of tetrazole rings is 1. The number of hydrogen-bond acceptors (Lipinski definition) is 4. The monoisotopic (exact) mass is 305 g/mol. The molecule has 1 atom stereocenters. The van der Waals surface area contributed by atoms with Gasteiger partial charge in [-0.15, -0.1) is 5.10 Å². The van der Waals surface area contributed by atoms with E-state index < -0.39 is 0 Å². The highest BCUT2D eigenvalue weighted by molar-refractivity contribution is 5.17. The quantitative estimate of drug-likeness (QED) is 0.743. The maximum absolute atomic E-state index is 4.20. The highest BCUT2D eigenvalue weighted by atomic mass is 15.6. The highest BCUT2D eigenvalue weighted by Crippen LogP contribution is 2.23. The van der Waals surface area contributed by atoms with Crippen molar-refractivity contribution in [1.82, 2.24) is 25.1 Å². The van der Waals surface area contributed by atoms with Crippen LogP contribution in [0.3, 0.4) is 0 Å². The van der Waals surface area contributed by atoms with E-state index >= 15 is 0 Å². The number of rotatable bonds is 4. The molecule has 2 aromatic carbocycles. The standard InChI is InChI=1S/C18H19N5/c1-3-7-15(8-4-1)11-17-13-22(12-16-9-5-2-6-10-16)14-18-19-20-21-23(17)18/h1-10,17H,11-14H2/t17-/m1/s1. The minimum Gasteiger partial charge on any atom is -0.289 e. The molecule has 0 saturated carbocycles. The van der Waals surface area contributed by atoms with E-state index in [1.165, 1.54) is 11.1 Å². The molecule has 0 N–H and O–H groups in total. The van der Waals surface area contributed by atoms with Gasteiger partial charge in [0, 0.05) is 13.1 Å². The summed E-state index contributed by atoms with van der Waals surface area (Å²) < 4.78 is 1.99. The third kappa shape index (κ3) is 3.14. The zero-order valence-electron chi connectivity index (χ0n) is 12.9. The normalized spacial score (nSPS) is 17.8. The number of aromatic nitrogens is 4. The Morgan fingerprint density at radius 2 is 1.61 bits per heavy atom. The summed E-state index contributed by atoms with van der Waals surface area (Å²) in [6, 6.07) is 21.4. The molecule has 0 unspecified atom stereocenters. The van der Waals surface area contributed by atoms with Crippen molar-refractivity contribution in [3.05, 3.63) is 77.6 Å². The van der Waals surface area contributed by atoms with E-state index in [0.717, 1.165) is 31.9 Å². The molecule has 1 aromatic heterocycles. The van der Waals surface area contributed by atoms with Gasteiger partial charge in [-0.3, -0.25) is 4.90 Å². The van der Waals surface area contributed by atoms with E-state index in [1.54, 1.807) is 0 Å². The van der Waals surface area contributed by atoms with Crippen LogP contribution in [0.25, 0.3) is 0 Å². The molecule has 0 aliphatic carbocycles. The molecule has 1 aliphatic rings.